The van der Waals surface area contributed by atoms with Crippen LogP contribution in [0.4, 0.5) is 0 Å². The van der Waals surface area contributed by atoms with Gasteiger partial charge in [0.25, 0.3) is 5.91 Å². The topological polar surface area (TPSA) is 126 Å². The molecule has 1 aliphatic rings. The van der Waals surface area contributed by atoms with Gasteiger partial charge >= 0.3 is 5.97 Å². The molecule has 0 aromatic heterocycles. The number of ether oxygens (including phenoxy) is 1. The summed E-state index contributed by atoms with van der Waals surface area (Å²) in [6.07, 6.45) is 1.48. The SMILES string of the molecule is CN=C(NCc1ccc(C(=O)NCC(N)=O)cc1)N1CCC(C(=O)OC)CC1.I. The first-order valence-corrected chi connectivity index (χ1v) is 9.13. The van der Waals surface area contributed by atoms with Crippen molar-refractivity contribution in [2.75, 3.05) is 33.8 Å². The Morgan fingerprint density at radius 2 is 1.79 bits per heavy atom. The number of halogens is 1. The van der Waals surface area contributed by atoms with Crippen molar-refractivity contribution >= 4 is 47.7 Å². The number of carbonyl (C=O) groups is 3. The van der Waals surface area contributed by atoms with Crippen molar-refractivity contribution in [1.82, 2.24) is 15.5 Å². The zero-order chi connectivity index (χ0) is 20.5. The molecular formula is C19H28IN5O4. The number of guanidine groups is 1. The highest BCUT2D eigenvalue weighted by Gasteiger charge is 2.26. The Kier molecular flexibility index (Phi) is 10.4. The third-order valence-corrected chi connectivity index (χ3v) is 4.63. The highest BCUT2D eigenvalue weighted by molar-refractivity contribution is 14.0. The van der Waals surface area contributed by atoms with E-state index in [2.05, 4.69) is 20.5 Å². The van der Waals surface area contributed by atoms with Crippen LogP contribution in [0.15, 0.2) is 29.3 Å². The summed E-state index contributed by atoms with van der Waals surface area (Å²) in [7, 11) is 3.14. The first kappa shape index (κ1) is 24.7. The largest absolute Gasteiger partial charge is 0.469 e. The predicted molar refractivity (Wildman–Crippen MR) is 120 cm³/mol. The fraction of sp³-hybridized carbons (Fsp3) is 0.474. The molecule has 2 rings (SSSR count). The number of methoxy groups -OCH3 is 1. The van der Waals surface area contributed by atoms with E-state index in [0.717, 1.165) is 37.5 Å². The zero-order valence-electron chi connectivity index (χ0n) is 16.6. The van der Waals surface area contributed by atoms with Crippen LogP contribution in [0.1, 0.15) is 28.8 Å². The van der Waals surface area contributed by atoms with E-state index in [-0.39, 0.29) is 48.3 Å². The number of nitrogens with zero attached hydrogens (tertiary/aromatic N) is 2. The Labute approximate surface area is 187 Å². The summed E-state index contributed by atoms with van der Waals surface area (Å²) in [6, 6.07) is 7.06. The van der Waals surface area contributed by atoms with Crippen LogP contribution in [0.3, 0.4) is 0 Å². The van der Waals surface area contributed by atoms with E-state index >= 15 is 0 Å². The lowest BCUT2D eigenvalue weighted by molar-refractivity contribution is -0.146. The summed E-state index contributed by atoms with van der Waals surface area (Å²) in [5.41, 5.74) is 6.46. The zero-order valence-corrected chi connectivity index (χ0v) is 19.0. The molecule has 1 aliphatic heterocycles. The Bertz CT molecular complexity index is 731. The van der Waals surface area contributed by atoms with Crippen LogP contribution in [-0.4, -0.2) is 62.4 Å². The molecule has 1 heterocycles. The summed E-state index contributed by atoms with van der Waals surface area (Å²) < 4.78 is 4.82. The third kappa shape index (κ3) is 7.52. The molecule has 0 spiro atoms. The number of nitrogens with one attached hydrogen (secondary N) is 2. The van der Waals surface area contributed by atoms with Crippen molar-refractivity contribution in [2.45, 2.75) is 19.4 Å². The maximum Gasteiger partial charge on any atom is 0.308 e. The van der Waals surface area contributed by atoms with Gasteiger partial charge in [-0.05, 0) is 30.5 Å². The fourth-order valence-corrected chi connectivity index (χ4v) is 3.05. The molecule has 1 saturated heterocycles. The molecule has 4 N–H and O–H groups in total. The van der Waals surface area contributed by atoms with Gasteiger partial charge in [-0.25, -0.2) is 0 Å². The molecule has 9 nitrogen and oxygen atoms in total. The van der Waals surface area contributed by atoms with Gasteiger partial charge in [0.15, 0.2) is 5.96 Å². The third-order valence-electron chi connectivity index (χ3n) is 4.63. The normalized spacial score (nSPS) is 14.6. The molecule has 1 aromatic carbocycles. The van der Waals surface area contributed by atoms with E-state index in [4.69, 9.17) is 10.5 Å². The van der Waals surface area contributed by atoms with Crippen molar-refractivity contribution in [3.05, 3.63) is 35.4 Å². The maximum atomic E-state index is 11.9. The molecule has 10 heteroatoms. The van der Waals surface area contributed by atoms with Crippen LogP contribution < -0.4 is 16.4 Å². The van der Waals surface area contributed by atoms with Gasteiger partial charge in [0.2, 0.25) is 5.91 Å². The fourth-order valence-electron chi connectivity index (χ4n) is 3.05. The Hall–Kier alpha value is -2.37. The van der Waals surface area contributed by atoms with Crippen molar-refractivity contribution in [2.24, 2.45) is 16.6 Å². The average Bonchev–Trinajstić information content (AvgIpc) is 2.72. The molecule has 1 aromatic rings. The van der Waals surface area contributed by atoms with E-state index in [0.29, 0.717) is 12.1 Å². The molecule has 0 atom stereocenters. The monoisotopic (exact) mass is 517 g/mol. The number of rotatable bonds is 6. The summed E-state index contributed by atoms with van der Waals surface area (Å²) >= 11 is 0. The van der Waals surface area contributed by atoms with Crippen LogP contribution in [0.25, 0.3) is 0 Å². The summed E-state index contributed by atoms with van der Waals surface area (Å²) in [5, 5.41) is 5.75. The Morgan fingerprint density at radius 3 is 2.31 bits per heavy atom. The molecule has 0 unspecified atom stereocenters. The lowest BCUT2D eigenvalue weighted by atomic mass is 9.97. The minimum absolute atomic E-state index is 0. The van der Waals surface area contributed by atoms with Gasteiger partial charge < -0.3 is 26.0 Å². The number of aliphatic imine (C=N–C) groups is 1. The molecular weight excluding hydrogens is 489 g/mol. The molecule has 29 heavy (non-hydrogen) atoms. The highest BCUT2D eigenvalue weighted by Crippen LogP contribution is 2.18. The summed E-state index contributed by atoms with van der Waals surface area (Å²) in [6.45, 7) is 1.83. The van der Waals surface area contributed by atoms with Gasteiger partial charge in [-0.3, -0.25) is 19.4 Å². The molecule has 1 fully saturated rings. The van der Waals surface area contributed by atoms with E-state index in [9.17, 15) is 14.4 Å². The molecule has 0 radical (unpaired) electrons. The van der Waals surface area contributed by atoms with Crippen molar-refractivity contribution in [3.63, 3.8) is 0 Å². The number of nitrogens with two attached hydrogens (primary N) is 1. The van der Waals surface area contributed by atoms with Gasteiger partial charge in [0, 0.05) is 32.2 Å². The van der Waals surface area contributed by atoms with Crippen LogP contribution in [0, 0.1) is 5.92 Å². The number of hydrogen-bond acceptors (Lipinski definition) is 5. The van der Waals surface area contributed by atoms with E-state index in [1.165, 1.54) is 7.11 Å². The average molecular weight is 517 g/mol. The number of esters is 1. The number of benzene rings is 1. The first-order valence-electron chi connectivity index (χ1n) is 9.13. The number of carbonyl (C=O) groups excluding carboxylic acids is 3. The van der Waals surface area contributed by atoms with Crippen molar-refractivity contribution < 1.29 is 19.1 Å². The van der Waals surface area contributed by atoms with E-state index in [1.807, 2.05) is 12.1 Å². The summed E-state index contributed by atoms with van der Waals surface area (Å²) in [5.74, 6) is -0.361. The Morgan fingerprint density at radius 1 is 1.17 bits per heavy atom. The summed E-state index contributed by atoms with van der Waals surface area (Å²) in [4.78, 5) is 40.7. The van der Waals surface area contributed by atoms with Gasteiger partial charge in [0.05, 0.1) is 19.6 Å². The number of piperidine rings is 1. The van der Waals surface area contributed by atoms with Crippen LogP contribution in [0.5, 0.6) is 0 Å². The molecule has 160 valence electrons. The van der Waals surface area contributed by atoms with Gasteiger partial charge in [0.1, 0.15) is 0 Å². The second-order valence-corrected chi connectivity index (χ2v) is 6.53. The van der Waals surface area contributed by atoms with Crippen LogP contribution >= 0.6 is 24.0 Å². The molecule has 0 saturated carbocycles. The Balaban J connectivity index is 0.00000420. The minimum Gasteiger partial charge on any atom is -0.469 e. The quantitative estimate of drug-likeness (QED) is 0.218. The molecule has 2 amide bonds. The predicted octanol–water partition coefficient (Wildman–Crippen LogP) is 0.480. The second kappa shape index (κ2) is 12.2. The smallest absolute Gasteiger partial charge is 0.308 e. The first-order chi connectivity index (χ1) is 13.4. The lowest BCUT2D eigenvalue weighted by Crippen LogP contribution is -2.46. The van der Waals surface area contributed by atoms with Crippen LogP contribution in [0.2, 0.25) is 0 Å². The van der Waals surface area contributed by atoms with Gasteiger partial charge in [-0.1, -0.05) is 12.1 Å². The number of amides is 2. The van der Waals surface area contributed by atoms with Crippen LogP contribution in [-0.2, 0) is 20.9 Å². The maximum absolute atomic E-state index is 11.9. The van der Waals surface area contributed by atoms with Gasteiger partial charge in [-0.15, -0.1) is 24.0 Å². The highest BCUT2D eigenvalue weighted by atomic mass is 127. The molecule has 0 aliphatic carbocycles. The van der Waals surface area contributed by atoms with E-state index < -0.39 is 5.91 Å². The van der Waals surface area contributed by atoms with E-state index in [1.54, 1.807) is 19.2 Å². The number of hydrogen-bond donors (Lipinski definition) is 3. The van der Waals surface area contributed by atoms with Crippen molar-refractivity contribution in [3.8, 4) is 0 Å². The van der Waals surface area contributed by atoms with Gasteiger partial charge in [-0.2, -0.15) is 0 Å². The number of primary amides is 1. The standard InChI is InChI=1S/C19H27N5O4.HI/c1-21-19(24-9-7-15(8-10-24)18(27)28-2)23-11-13-3-5-14(6-4-13)17(26)22-12-16(20)25;/h3-6,15H,7-12H2,1-2H3,(H2,20,25)(H,21,23)(H,22,26);1H. The molecule has 0 bridgehead atoms. The second-order valence-electron chi connectivity index (χ2n) is 6.53. The van der Waals surface area contributed by atoms with Crippen molar-refractivity contribution in [1.29, 1.82) is 0 Å². The lowest BCUT2D eigenvalue weighted by Gasteiger charge is -2.33. The minimum atomic E-state index is -0.587. The number of likely N-dealkylation sites (tertiary alicyclic amines) is 1.